The van der Waals surface area contributed by atoms with Crippen molar-refractivity contribution in [2.24, 2.45) is 0 Å². The minimum absolute atomic E-state index is 0.198. The zero-order valence-electron chi connectivity index (χ0n) is 14.0. The molecule has 0 radical (unpaired) electrons. The Hall–Kier alpha value is -2.76. The van der Waals surface area contributed by atoms with Crippen LogP contribution in [0.1, 0.15) is 29.8 Å². The third kappa shape index (κ3) is 3.27. The topological polar surface area (TPSA) is 73.6 Å². The number of hydrogen-bond donors (Lipinski definition) is 1. The van der Waals surface area contributed by atoms with Gasteiger partial charge in [-0.1, -0.05) is 12.1 Å². The lowest BCUT2D eigenvalue weighted by molar-refractivity contribution is -0.118. The quantitative estimate of drug-likeness (QED) is 0.913. The van der Waals surface area contributed by atoms with Gasteiger partial charge in [0.05, 0.1) is 24.4 Å². The Balaban J connectivity index is 1.71. The number of nitrogens with one attached hydrogen (secondary N) is 1. The Morgan fingerprint density at radius 2 is 2.21 bits per heavy atom. The van der Waals surface area contributed by atoms with E-state index in [0.717, 1.165) is 17.0 Å². The summed E-state index contributed by atoms with van der Waals surface area (Å²) in [5.41, 5.74) is 2.22. The Morgan fingerprint density at radius 3 is 2.92 bits per heavy atom. The normalized spacial score (nSPS) is 12.9. The van der Waals surface area contributed by atoms with Gasteiger partial charge in [0.25, 0.3) is 5.91 Å². The van der Waals surface area contributed by atoms with Gasteiger partial charge in [0.2, 0.25) is 5.89 Å². The largest absolute Gasteiger partial charge is 0.490 e. The molecule has 1 aliphatic heterocycles. The van der Waals surface area contributed by atoms with E-state index in [0.29, 0.717) is 29.6 Å². The van der Waals surface area contributed by atoms with Gasteiger partial charge in [0, 0.05) is 5.56 Å². The second-order valence-corrected chi connectivity index (χ2v) is 5.50. The van der Waals surface area contributed by atoms with Crippen molar-refractivity contribution in [3.05, 3.63) is 46.7 Å². The maximum absolute atomic E-state index is 12.3. The Labute approximate surface area is 140 Å². The van der Waals surface area contributed by atoms with Gasteiger partial charge >= 0.3 is 0 Å². The first-order valence-electron chi connectivity index (χ1n) is 7.88. The molecular formula is C18H20N2O4. The number of carbonyl (C=O) groups is 1. The number of benzene rings is 1. The van der Waals surface area contributed by atoms with Crippen LogP contribution in [0.25, 0.3) is 6.08 Å². The summed E-state index contributed by atoms with van der Waals surface area (Å²) in [4.78, 5) is 16.6. The molecular weight excluding hydrogens is 308 g/mol. The van der Waals surface area contributed by atoms with Crippen LogP contribution < -0.4 is 14.8 Å². The van der Waals surface area contributed by atoms with Crippen LogP contribution >= 0.6 is 0 Å². The summed E-state index contributed by atoms with van der Waals surface area (Å²) in [5.74, 6) is 2.42. The van der Waals surface area contributed by atoms with E-state index in [1.54, 1.807) is 0 Å². The molecule has 0 saturated heterocycles. The van der Waals surface area contributed by atoms with E-state index < -0.39 is 0 Å². The molecule has 3 rings (SSSR count). The molecule has 6 heteroatoms. The summed E-state index contributed by atoms with van der Waals surface area (Å²) in [6, 6.07) is 5.63. The number of oxazole rings is 1. The average Bonchev–Trinajstić information content (AvgIpc) is 2.91. The molecule has 0 spiro atoms. The van der Waals surface area contributed by atoms with E-state index in [2.05, 4.69) is 10.3 Å². The highest BCUT2D eigenvalue weighted by atomic mass is 16.5. The Kier molecular flexibility index (Phi) is 4.55. The Bertz CT molecular complexity index is 773. The highest BCUT2D eigenvalue weighted by Crippen LogP contribution is 2.35. The smallest absolute Gasteiger partial charge is 0.251 e. The predicted molar refractivity (Wildman–Crippen MR) is 88.9 cm³/mol. The van der Waals surface area contributed by atoms with E-state index in [1.807, 2.05) is 45.0 Å². The zero-order chi connectivity index (χ0) is 17.1. The summed E-state index contributed by atoms with van der Waals surface area (Å²) in [7, 11) is 0. The summed E-state index contributed by atoms with van der Waals surface area (Å²) in [6.07, 6.45) is 1.82. The van der Waals surface area contributed by atoms with E-state index in [1.165, 1.54) is 0 Å². The van der Waals surface area contributed by atoms with Crippen molar-refractivity contribution >= 4 is 12.0 Å². The van der Waals surface area contributed by atoms with E-state index in [4.69, 9.17) is 13.9 Å². The van der Waals surface area contributed by atoms with Crippen LogP contribution in [0.15, 0.2) is 28.2 Å². The standard InChI is InChI=1S/C18H20N2O4/c1-4-22-15-7-5-6-13-8-14(10-23-17(13)15)18(21)19-9-16-20-11(2)12(3)24-16/h5-8H,4,9-10H2,1-3H3,(H,19,21). The zero-order valence-corrected chi connectivity index (χ0v) is 14.0. The van der Waals surface area contributed by atoms with Crippen molar-refractivity contribution in [1.29, 1.82) is 0 Å². The average molecular weight is 328 g/mol. The molecule has 0 saturated carbocycles. The number of aryl methyl sites for hydroxylation is 2. The molecule has 24 heavy (non-hydrogen) atoms. The van der Waals surface area contributed by atoms with Crippen LogP contribution in [0.2, 0.25) is 0 Å². The summed E-state index contributed by atoms with van der Waals surface area (Å²) in [6.45, 7) is 6.64. The lowest BCUT2D eigenvalue weighted by atomic mass is 10.1. The van der Waals surface area contributed by atoms with Crippen LogP contribution in [-0.2, 0) is 11.3 Å². The van der Waals surface area contributed by atoms with Crippen LogP contribution in [0.3, 0.4) is 0 Å². The first kappa shape index (κ1) is 16.1. The summed E-state index contributed by atoms with van der Waals surface area (Å²) >= 11 is 0. The van der Waals surface area contributed by atoms with Crippen LogP contribution in [0, 0.1) is 13.8 Å². The van der Waals surface area contributed by atoms with Crippen molar-refractivity contribution in [2.45, 2.75) is 27.3 Å². The van der Waals surface area contributed by atoms with Crippen LogP contribution in [0.4, 0.5) is 0 Å². The highest BCUT2D eigenvalue weighted by Gasteiger charge is 2.20. The summed E-state index contributed by atoms with van der Waals surface area (Å²) < 4.78 is 16.7. The van der Waals surface area contributed by atoms with E-state index in [-0.39, 0.29) is 19.1 Å². The lowest BCUT2D eigenvalue weighted by Gasteiger charge is -2.20. The lowest BCUT2D eigenvalue weighted by Crippen LogP contribution is -2.28. The van der Waals surface area contributed by atoms with Crippen molar-refractivity contribution < 1.29 is 18.7 Å². The molecule has 0 atom stereocenters. The molecule has 6 nitrogen and oxygen atoms in total. The van der Waals surface area contributed by atoms with Crippen molar-refractivity contribution in [3.63, 3.8) is 0 Å². The van der Waals surface area contributed by atoms with Gasteiger partial charge in [0.15, 0.2) is 11.5 Å². The molecule has 0 aliphatic carbocycles. The number of aromatic nitrogens is 1. The number of ether oxygens (including phenoxy) is 2. The first-order chi connectivity index (χ1) is 11.6. The van der Waals surface area contributed by atoms with Crippen molar-refractivity contribution in [1.82, 2.24) is 10.3 Å². The van der Waals surface area contributed by atoms with Gasteiger partial charge < -0.3 is 19.2 Å². The monoisotopic (exact) mass is 328 g/mol. The van der Waals surface area contributed by atoms with Gasteiger partial charge in [-0.3, -0.25) is 4.79 Å². The second-order valence-electron chi connectivity index (χ2n) is 5.50. The highest BCUT2D eigenvalue weighted by molar-refractivity contribution is 5.99. The molecule has 2 aromatic rings. The molecule has 2 heterocycles. The van der Waals surface area contributed by atoms with Gasteiger partial charge in [-0.05, 0) is 32.9 Å². The second kappa shape index (κ2) is 6.78. The number of rotatable bonds is 5. The van der Waals surface area contributed by atoms with Gasteiger partial charge in [-0.15, -0.1) is 0 Å². The number of carbonyl (C=O) groups excluding carboxylic acids is 1. The number of amides is 1. The number of para-hydroxylation sites is 1. The molecule has 0 unspecified atom stereocenters. The number of nitrogens with zero attached hydrogens (tertiary/aromatic N) is 1. The minimum atomic E-state index is -0.198. The van der Waals surface area contributed by atoms with E-state index >= 15 is 0 Å². The first-order valence-corrected chi connectivity index (χ1v) is 7.88. The van der Waals surface area contributed by atoms with Crippen molar-refractivity contribution in [3.8, 4) is 11.5 Å². The predicted octanol–water partition coefficient (Wildman–Crippen LogP) is 2.78. The molecule has 1 aromatic carbocycles. The molecule has 1 amide bonds. The molecule has 1 aliphatic rings. The third-order valence-electron chi connectivity index (χ3n) is 3.78. The van der Waals surface area contributed by atoms with Gasteiger partial charge in [-0.25, -0.2) is 4.98 Å². The molecule has 0 bridgehead atoms. The molecule has 0 fully saturated rings. The SMILES string of the molecule is CCOc1cccc2c1OCC(C(=O)NCc1nc(C)c(C)o1)=C2. The summed E-state index contributed by atoms with van der Waals surface area (Å²) in [5, 5.41) is 2.81. The number of hydrogen-bond acceptors (Lipinski definition) is 5. The maximum atomic E-state index is 12.3. The van der Waals surface area contributed by atoms with Crippen LogP contribution in [-0.4, -0.2) is 24.1 Å². The Morgan fingerprint density at radius 1 is 1.38 bits per heavy atom. The fourth-order valence-corrected chi connectivity index (χ4v) is 2.46. The fourth-order valence-electron chi connectivity index (χ4n) is 2.46. The maximum Gasteiger partial charge on any atom is 0.251 e. The van der Waals surface area contributed by atoms with E-state index in [9.17, 15) is 4.79 Å². The molecule has 1 aromatic heterocycles. The molecule has 1 N–H and O–H groups in total. The molecule has 126 valence electrons. The van der Waals surface area contributed by atoms with Gasteiger partial charge in [0.1, 0.15) is 12.4 Å². The minimum Gasteiger partial charge on any atom is -0.490 e. The van der Waals surface area contributed by atoms with Crippen LogP contribution in [0.5, 0.6) is 11.5 Å². The fraction of sp³-hybridized carbons (Fsp3) is 0.333. The number of fused-ring (bicyclic) bond motifs is 1. The van der Waals surface area contributed by atoms with Gasteiger partial charge in [-0.2, -0.15) is 0 Å². The third-order valence-corrected chi connectivity index (χ3v) is 3.78. The van der Waals surface area contributed by atoms with Crippen molar-refractivity contribution in [2.75, 3.05) is 13.2 Å².